The summed E-state index contributed by atoms with van der Waals surface area (Å²) in [6.45, 7) is 2.88. The van der Waals surface area contributed by atoms with Crippen molar-refractivity contribution in [3.8, 4) is 0 Å². The molecule has 2 rings (SSSR count). The minimum Gasteiger partial charge on any atom is -0.396 e. The van der Waals surface area contributed by atoms with E-state index in [1.54, 1.807) is 6.20 Å². The quantitative estimate of drug-likeness (QED) is 0.810. The first-order valence-electron chi connectivity index (χ1n) is 6.30. The van der Waals surface area contributed by atoms with E-state index in [0.29, 0.717) is 12.5 Å². The Morgan fingerprint density at radius 1 is 1.59 bits per heavy atom. The van der Waals surface area contributed by atoms with Gasteiger partial charge in [-0.05, 0) is 36.9 Å². The summed E-state index contributed by atoms with van der Waals surface area (Å²) in [4.78, 5) is 6.53. The van der Waals surface area contributed by atoms with E-state index in [0.717, 1.165) is 25.9 Å². The summed E-state index contributed by atoms with van der Waals surface area (Å²) in [7, 11) is 0. The number of aromatic nitrogens is 1. The average molecular weight is 235 g/mol. The van der Waals surface area contributed by atoms with Gasteiger partial charge in [-0.3, -0.25) is 9.88 Å². The molecule has 1 saturated heterocycles. The number of rotatable bonds is 4. The molecular formula is C13H21N3O. The molecule has 1 aromatic heterocycles. The Kier molecular flexibility index (Phi) is 4.48. The number of hydrogen-bond donors (Lipinski definition) is 2. The number of piperidine rings is 1. The topological polar surface area (TPSA) is 62.4 Å². The predicted octanol–water partition coefficient (Wildman–Crippen LogP) is 0.786. The van der Waals surface area contributed by atoms with Crippen molar-refractivity contribution in [2.45, 2.75) is 18.9 Å². The van der Waals surface area contributed by atoms with Crippen molar-refractivity contribution in [3.63, 3.8) is 0 Å². The Morgan fingerprint density at radius 3 is 3.12 bits per heavy atom. The van der Waals surface area contributed by atoms with Crippen molar-refractivity contribution < 1.29 is 5.11 Å². The standard InChI is InChI=1S/C13H21N3O/c14-7-13(12-4-1-5-15-8-12)16-6-2-3-11(9-16)10-17/h1,4-5,8,11,13,17H,2-3,6-7,9-10,14H2. The lowest BCUT2D eigenvalue weighted by Gasteiger charge is -2.37. The van der Waals surface area contributed by atoms with Crippen LogP contribution in [0, 0.1) is 5.92 Å². The fraction of sp³-hybridized carbons (Fsp3) is 0.615. The second-order valence-electron chi connectivity index (χ2n) is 4.72. The average Bonchev–Trinajstić information content (AvgIpc) is 2.41. The molecule has 0 aromatic carbocycles. The SMILES string of the molecule is NCC(c1cccnc1)N1CCCC(CO)C1. The van der Waals surface area contributed by atoms with Crippen molar-refractivity contribution in [1.29, 1.82) is 0 Å². The van der Waals surface area contributed by atoms with Gasteiger partial charge < -0.3 is 10.8 Å². The largest absolute Gasteiger partial charge is 0.396 e. The van der Waals surface area contributed by atoms with Gasteiger partial charge in [0.25, 0.3) is 0 Å². The lowest BCUT2D eigenvalue weighted by atomic mass is 9.96. The molecule has 94 valence electrons. The molecule has 4 heteroatoms. The van der Waals surface area contributed by atoms with E-state index in [-0.39, 0.29) is 12.6 Å². The van der Waals surface area contributed by atoms with E-state index in [9.17, 15) is 5.11 Å². The van der Waals surface area contributed by atoms with E-state index in [1.165, 1.54) is 5.56 Å². The fourth-order valence-electron chi connectivity index (χ4n) is 2.60. The normalized spacial score (nSPS) is 23.5. The van der Waals surface area contributed by atoms with Crippen molar-refractivity contribution >= 4 is 0 Å². The van der Waals surface area contributed by atoms with Gasteiger partial charge in [-0.1, -0.05) is 6.07 Å². The van der Waals surface area contributed by atoms with Gasteiger partial charge in [0.1, 0.15) is 0 Å². The number of nitrogens with two attached hydrogens (primary N) is 1. The van der Waals surface area contributed by atoms with Crippen molar-refractivity contribution in [1.82, 2.24) is 9.88 Å². The smallest absolute Gasteiger partial charge is 0.0485 e. The van der Waals surface area contributed by atoms with E-state index < -0.39 is 0 Å². The van der Waals surface area contributed by atoms with Gasteiger partial charge in [-0.2, -0.15) is 0 Å². The number of likely N-dealkylation sites (tertiary alicyclic amines) is 1. The summed E-state index contributed by atoms with van der Waals surface area (Å²) >= 11 is 0. The van der Waals surface area contributed by atoms with Gasteiger partial charge in [0.15, 0.2) is 0 Å². The second-order valence-corrected chi connectivity index (χ2v) is 4.72. The van der Waals surface area contributed by atoms with Crippen LogP contribution in [0.25, 0.3) is 0 Å². The molecule has 2 atom stereocenters. The zero-order valence-corrected chi connectivity index (χ0v) is 10.1. The Morgan fingerprint density at radius 2 is 2.47 bits per heavy atom. The summed E-state index contributed by atoms with van der Waals surface area (Å²) in [5.74, 6) is 0.398. The molecule has 1 aliphatic rings. The molecule has 4 nitrogen and oxygen atoms in total. The van der Waals surface area contributed by atoms with Crippen LogP contribution in [0.15, 0.2) is 24.5 Å². The minimum absolute atomic E-state index is 0.234. The maximum absolute atomic E-state index is 9.26. The third kappa shape index (κ3) is 3.03. The maximum atomic E-state index is 9.26. The molecular weight excluding hydrogens is 214 g/mol. The highest BCUT2D eigenvalue weighted by Gasteiger charge is 2.25. The van der Waals surface area contributed by atoms with E-state index in [4.69, 9.17) is 5.73 Å². The number of nitrogens with zero attached hydrogens (tertiary/aromatic N) is 2. The Hall–Kier alpha value is -0.970. The van der Waals surface area contributed by atoms with E-state index in [2.05, 4.69) is 16.0 Å². The molecule has 0 amide bonds. The van der Waals surface area contributed by atoms with Crippen LogP contribution in [0.1, 0.15) is 24.4 Å². The zero-order valence-electron chi connectivity index (χ0n) is 10.1. The molecule has 3 N–H and O–H groups in total. The van der Waals surface area contributed by atoms with E-state index >= 15 is 0 Å². The molecule has 0 aliphatic carbocycles. The lowest BCUT2D eigenvalue weighted by molar-refractivity contribution is 0.0899. The molecule has 1 aromatic rings. The van der Waals surface area contributed by atoms with Gasteiger partial charge in [0.05, 0.1) is 0 Å². The summed E-state index contributed by atoms with van der Waals surface area (Å²) in [6, 6.07) is 4.26. The van der Waals surface area contributed by atoms with Crippen molar-refractivity contribution in [2.24, 2.45) is 11.7 Å². The van der Waals surface area contributed by atoms with E-state index in [1.807, 2.05) is 12.3 Å². The molecule has 0 bridgehead atoms. The van der Waals surface area contributed by atoms with Crippen LogP contribution in [-0.2, 0) is 0 Å². The first kappa shape index (κ1) is 12.5. The van der Waals surface area contributed by atoms with Gasteiger partial charge in [-0.15, -0.1) is 0 Å². The molecule has 17 heavy (non-hydrogen) atoms. The molecule has 0 spiro atoms. The number of aliphatic hydroxyl groups excluding tert-OH is 1. The Balaban J connectivity index is 2.08. The van der Waals surface area contributed by atoms with Crippen LogP contribution in [0.3, 0.4) is 0 Å². The maximum Gasteiger partial charge on any atom is 0.0485 e. The molecule has 0 radical (unpaired) electrons. The molecule has 0 saturated carbocycles. The lowest BCUT2D eigenvalue weighted by Crippen LogP contribution is -2.42. The van der Waals surface area contributed by atoms with Gasteiger partial charge in [-0.25, -0.2) is 0 Å². The zero-order chi connectivity index (χ0) is 12.1. The van der Waals surface area contributed by atoms with Crippen LogP contribution in [-0.4, -0.2) is 41.2 Å². The first-order chi connectivity index (χ1) is 8.35. The van der Waals surface area contributed by atoms with Crippen LogP contribution < -0.4 is 5.73 Å². The Labute approximate surface area is 102 Å². The van der Waals surface area contributed by atoms with Crippen LogP contribution in [0.5, 0.6) is 0 Å². The first-order valence-corrected chi connectivity index (χ1v) is 6.30. The van der Waals surface area contributed by atoms with Crippen LogP contribution in [0.2, 0.25) is 0 Å². The third-order valence-corrected chi connectivity index (χ3v) is 3.54. The number of pyridine rings is 1. The third-order valence-electron chi connectivity index (χ3n) is 3.54. The summed E-state index contributed by atoms with van der Waals surface area (Å²) in [5.41, 5.74) is 7.07. The number of hydrogen-bond acceptors (Lipinski definition) is 4. The molecule has 1 fully saturated rings. The predicted molar refractivity (Wildman–Crippen MR) is 67.4 cm³/mol. The summed E-state index contributed by atoms with van der Waals surface area (Å²) < 4.78 is 0. The second kappa shape index (κ2) is 6.10. The van der Waals surface area contributed by atoms with Crippen LogP contribution >= 0.6 is 0 Å². The summed E-state index contributed by atoms with van der Waals surface area (Å²) in [5, 5.41) is 9.26. The highest BCUT2D eigenvalue weighted by Crippen LogP contribution is 2.25. The van der Waals surface area contributed by atoms with Gasteiger partial charge >= 0.3 is 0 Å². The van der Waals surface area contributed by atoms with Gasteiger partial charge in [0.2, 0.25) is 0 Å². The van der Waals surface area contributed by atoms with Crippen molar-refractivity contribution in [2.75, 3.05) is 26.2 Å². The molecule has 2 heterocycles. The highest BCUT2D eigenvalue weighted by molar-refractivity contribution is 5.14. The minimum atomic E-state index is 0.234. The summed E-state index contributed by atoms with van der Waals surface area (Å²) in [6.07, 6.45) is 5.93. The monoisotopic (exact) mass is 235 g/mol. The van der Waals surface area contributed by atoms with Crippen molar-refractivity contribution in [3.05, 3.63) is 30.1 Å². The Bertz CT molecular complexity index is 331. The fourth-order valence-corrected chi connectivity index (χ4v) is 2.60. The molecule has 1 aliphatic heterocycles. The number of aliphatic hydroxyl groups is 1. The highest BCUT2D eigenvalue weighted by atomic mass is 16.3. The molecule has 2 unspecified atom stereocenters. The van der Waals surface area contributed by atoms with Gasteiger partial charge in [0, 0.05) is 38.1 Å². The van der Waals surface area contributed by atoms with Crippen LogP contribution in [0.4, 0.5) is 0 Å².